The fourth-order valence-corrected chi connectivity index (χ4v) is 6.51. The van der Waals surface area contributed by atoms with Crippen molar-refractivity contribution >= 4 is 34.8 Å². The van der Waals surface area contributed by atoms with Crippen molar-refractivity contribution in [2.75, 3.05) is 39.5 Å². The molecule has 1 aliphatic rings. The first-order valence-electron chi connectivity index (χ1n) is 16.8. The van der Waals surface area contributed by atoms with Crippen LogP contribution in [0.5, 0.6) is 17.2 Å². The maximum absolute atomic E-state index is 14.6. The summed E-state index contributed by atoms with van der Waals surface area (Å²) in [5, 5.41) is 33.1. The Labute approximate surface area is 313 Å². The van der Waals surface area contributed by atoms with E-state index in [4.69, 9.17) is 49.0 Å². The van der Waals surface area contributed by atoms with Crippen molar-refractivity contribution in [1.29, 1.82) is 5.26 Å². The fraction of sp³-hybridized carbons (Fsp3) is 0.359. The molecule has 51 heavy (non-hydrogen) atoms. The first kappa shape index (κ1) is 38.6. The van der Waals surface area contributed by atoms with E-state index in [2.05, 4.69) is 10.2 Å². The minimum Gasteiger partial charge on any atom is -0.492 e. The van der Waals surface area contributed by atoms with Crippen LogP contribution in [0.1, 0.15) is 48.4 Å². The minimum atomic E-state index is -0.976. The summed E-state index contributed by atoms with van der Waals surface area (Å²) in [4.78, 5) is 2.45. The van der Waals surface area contributed by atoms with E-state index in [1.807, 2.05) is 42.5 Å². The summed E-state index contributed by atoms with van der Waals surface area (Å²) in [5.41, 5.74) is 2.23. The maximum Gasteiger partial charge on any atom is 0.142 e. The van der Waals surface area contributed by atoms with E-state index >= 15 is 0 Å². The summed E-state index contributed by atoms with van der Waals surface area (Å²) in [5.74, 6) is 0.694. The fourth-order valence-electron chi connectivity index (χ4n) is 5.70. The van der Waals surface area contributed by atoms with Crippen LogP contribution in [0.3, 0.4) is 0 Å². The van der Waals surface area contributed by atoms with Crippen molar-refractivity contribution in [3.05, 3.63) is 110 Å². The maximum atomic E-state index is 14.6. The summed E-state index contributed by atoms with van der Waals surface area (Å²) in [6.07, 6.45) is 3.43. The number of nitrogens with one attached hydrogen (secondary N) is 1. The molecule has 270 valence electrons. The quantitative estimate of drug-likeness (QED) is 0.0927. The van der Waals surface area contributed by atoms with Crippen LogP contribution in [0.2, 0.25) is 15.1 Å². The molecule has 1 fully saturated rings. The molecule has 0 bridgehead atoms. The molecule has 3 N–H and O–H groups in total. The number of halogens is 4. The lowest BCUT2D eigenvalue weighted by Crippen LogP contribution is -2.48. The second kappa shape index (κ2) is 18.3. The third-order valence-electron chi connectivity index (χ3n) is 8.87. The van der Waals surface area contributed by atoms with Gasteiger partial charge in [-0.25, -0.2) is 4.39 Å². The van der Waals surface area contributed by atoms with Crippen LogP contribution >= 0.6 is 34.8 Å². The molecular formula is C39H41Cl3FN3O5. The van der Waals surface area contributed by atoms with Gasteiger partial charge in [0.2, 0.25) is 0 Å². The number of likely N-dealkylation sites (tertiary alicyclic amines) is 1. The summed E-state index contributed by atoms with van der Waals surface area (Å²) in [7, 11) is 0. The highest BCUT2D eigenvalue weighted by atomic mass is 35.5. The number of hydrogen-bond acceptors (Lipinski definition) is 8. The number of hydrogen-bond donors (Lipinski definition) is 3. The van der Waals surface area contributed by atoms with Gasteiger partial charge in [-0.3, -0.25) is 0 Å². The lowest BCUT2D eigenvalue weighted by Gasteiger charge is -2.27. The van der Waals surface area contributed by atoms with Gasteiger partial charge in [0.15, 0.2) is 0 Å². The average molecular weight is 757 g/mol. The molecule has 0 unspecified atom stereocenters. The Morgan fingerprint density at radius 2 is 1.51 bits per heavy atom. The smallest absolute Gasteiger partial charge is 0.142 e. The van der Waals surface area contributed by atoms with Crippen molar-refractivity contribution in [2.45, 2.75) is 51.5 Å². The molecule has 0 atom stereocenters. The molecule has 0 spiro atoms. The second-order valence-electron chi connectivity index (χ2n) is 12.8. The van der Waals surface area contributed by atoms with Crippen molar-refractivity contribution in [3.63, 3.8) is 0 Å². The molecule has 8 nitrogen and oxygen atoms in total. The Kier molecular flexibility index (Phi) is 13.8. The van der Waals surface area contributed by atoms with Crippen molar-refractivity contribution in [2.24, 2.45) is 0 Å². The van der Waals surface area contributed by atoms with Crippen LogP contribution in [0.15, 0.2) is 66.7 Å². The third kappa shape index (κ3) is 10.1. The van der Waals surface area contributed by atoms with Crippen LogP contribution in [0, 0.1) is 17.1 Å². The summed E-state index contributed by atoms with van der Waals surface area (Å²) in [6, 6.07) is 20.5. The summed E-state index contributed by atoms with van der Waals surface area (Å²) in [6.45, 7) is 4.93. The van der Waals surface area contributed by atoms with E-state index in [0.717, 1.165) is 37.2 Å². The van der Waals surface area contributed by atoms with E-state index in [0.29, 0.717) is 44.8 Å². The normalized spacial score (nSPS) is 13.3. The zero-order valence-electron chi connectivity index (χ0n) is 28.4. The molecule has 4 aromatic rings. The standard InChI is InChI=1S/C39H41Cl3FN3O5/c1-39(24-47,25-48)45-21-28-18-32(40)36(19-35(28)50-23-29-17-26(20-44)11-12-33(29)43)51-22-27-7-4-8-30(37(27)41)31-9-5-10-34(38(31)42)49-16-6-15-46-13-2-3-14-46/h4-5,7-12,17-19,45,47-48H,2-3,6,13-16,21-25H2,1H3. The first-order valence-corrected chi connectivity index (χ1v) is 17.9. The highest BCUT2D eigenvalue weighted by Crippen LogP contribution is 2.40. The lowest BCUT2D eigenvalue weighted by molar-refractivity contribution is 0.103. The van der Waals surface area contributed by atoms with Crippen LogP contribution in [-0.4, -0.2) is 60.1 Å². The molecule has 1 saturated heterocycles. The number of nitrogens with zero attached hydrogens (tertiary/aromatic N) is 2. The Morgan fingerprint density at radius 3 is 2.24 bits per heavy atom. The van der Waals surface area contributed by atoms with E-state index in [1.54, 1.807) is 19.1 Å². The predicted octanol–water partition coefficient (Wildman–Crippen LogP) is 8.18. The van der Waals surface area contributed by atoms with Crippen molar-refractivity contribution < 1.29 is 28.8 Å². The van der Waals surface area contributed by atoms with Gasteiger partial charge in [0.1, 0.15) is 36.3 Å². The highest BCUT2D eigenvalue weighted by molar-refractivity contribution is 6.37. The van der Waals surface area contributed by atoms with Gasteiger partial charge in [-0.2, -0.15) is 5.26 Å². The summed E-state index contributed by atoms with van der Waals surface area (Å²) >= 11 is 20.5. The van der Waals surface area contributed by atoms with E-state index < -0.39 is 11.4 Å². The van der Waals surface area contributed by atoms with Gasteiger partial charge in [0.25, 0.3) is 0 Å². The van der Waals surface area contributed by atoms with Crippen LogP contribution in [0.25, 0.3) is 11.1 Å². The lowest BCUT2D eigenvalue weighted by atomic mass is 10.0. The van der Waals surface area contributed by atoms with Gasteiger partial charge in [0, 0.05) is 47.0 Å². The number of aliphatic hydroxyl groups is 2. The first-order chi connectivity index (χ1) is 24.6. The molecule has 4 aromatic carbocycles. The Morgan fingerprint density at radius 1 is 0.824 bits per heavy atom. The zero-order chi connectivity index (χ0) is 36.4. The molecular weight excluding hydrogens is 716 g/mol. The molecule has 0 saturated carbocycles. The van der Waals surface area contributed by atoms with Crippen molar-refractivity contribution in [1.82, 2.24) is 10.2 Å². The Balaban J connectivity index is 1.33. The molecule has 12 heteroatoms. The van der Waals surface area contributed by atoms with Gasteiger partial charge in [-0.1, -0.05) is 65.1 Å². The predicted molar refractivity (Wildman–Crippen MR) is 198 cm³/mol. The molecule has 1 aliphatic heterocycles. The average Bonchev–Trinajstić information content (AvgIpc) is 3.67. The van der Waals surface area contributed by atoms with E-state index in [9.17, 15) is 19.9 Å². The topological polar surface area (TPSA) is 107 Å². The van der Waals surface area contributed by atoms with Gasteiger partial charge < -0.3 is 34.6 Å². The molecule has 1 heterocycles. The summed E-state index contributed by atoms with van der Waals surface area (Å²) < 4.78 is 32.9. The van der Waals surface area contributed by atoms with Crippen LogP contribution < -0.4 is 19.5 Å². The number of aliphatic hydroxyl groups excluding tert-OH is 2. The van der Waals surface area contributed by atoms with Crippen molar-refractivity contribution in [3.8, 4) is 34.4 Å². The van der Waals surface area contributed by atoms with Gasteiger partial charge >= 0.3 is 0 Å². The Bertz CT molecular complexity index is 1840. The molecule has 0 radical (unpaired) electrons. The number of ether oxygens (including phenoxy) is 3. The third-order valence-corrected chi connectivity index (χ3v) is 10.00. The molecule has 0 aliphatic carbocycles. The van der Waals surface area contributed by atoms with Crippen LogP contribution in [-0.2, 0) is 19.8 Å². The number of nitriles is 1. The zero-order valence-corrected chi connectivity index (χ0v) is 30.6. The molecule has 5 rings (SSSR count). The number of rotatable bonds is 17. The molecule has 0 aromatic heterocycles. The van der Waals surface area contributed by atoms with Gasteiger partial charge in [-0.05, 0) is 69.6 Å². The minimum absolute atomic E-state index is 0.0552. The second-order valence-corrected chi connectivity index (χ2v) is 13.9. The van der Waals surface area contributed by atoms with Crippen LogP contribution in [0.4, 0.5) is 4.39 Å². The number of benzene rings is 4. The Hall–Kier alpha value is -3.59. The van der Waals surface area contributed by atoms with E-state index in [1.165, 1.54) is 31.0 Å². The van der Waals surface area contributed by atoms with Gasteiger partial charge in [0.05, 0.1) is 52.1 Å². The highest BCUT2D eigenvalue weighted by Gasteiger charge is 2.23. The van der Waals surface area contributed by atoms with E-state index in [-0.39, 0.29) is 49.3 Å². The SMILES string of the molecule is CC(CO)(CO)NCc1cc(Cl)c(OCc2cccc(-c3cccc(OCCCN4CCCC4)c3Cl)c2Cl)cc1OCc1cc(C#N)ccc1F. The largest absolute Gasteiger partial charge is 0.492 e. The van der Waals surface area contributed by atoms with Gasteiger partial charge in [-0.15, -0.1) is 0 Å². The monoisotopic (exact) mass is 755 g/mol. The molecule has 0 amide bonds.